The second-order valence-electron chi connectivity index (χ2n) is 7.07. The van der Waals surface area contributed by atoms with Crippen molar-refractivity contribution >= 4 is 11.6 Å². The maximum Gasteiger partial charge on any atom is 0.163 e. The third-order valence-corrected chi connectivity index (χ3v) is 3.52. The lowest BCUT2D eigenvalue weighted by molar-refractivity contribution is -0.123. The summed E-state index contributed by atoms with van der Waals surface area (Å²) in [6.45, 7) is 12.1. The number of hydrogen-bond donors (Lipinski definition) is 2. The maximum atomic E-state index is 12.2. The van der Waals surface area contributed by atoms with Crippen LogP contribution >= 0.6 is 0 Å². The predicted molar refractivity (Wildman–Crippen MR) is 83.9 cm³/mol. The zero-order valence-electron chi connectivity index (χ0n) is 14.2. The summed E-state index contributed by atoms with van der Waals surface area (Å²) in [6, 6.07) is -0.411. The van der Waals surface area contributed by atoms with Crippen molar-refractivity contribution in [3.8, 4) is 0 Å². The van der Waals surface area contributed by atoms with Gasteiger partial charge in [-0.05, 0) is 38.1 Å². The molecular weight excluding hydrogens is 252 g/mol. The van der Waals surface area contributed by atoms with Gasteiger partial charge in [0.2, 0.25) is 0 Å². The van der Waals surface area contributed by atoms with E-state index >= 15 is 0 Å². The Labute approximate surface area is 124 Å². The van der Waals surface area contributed by atoms with Gasteiger partial charge >= 0.3 is 0 Å². The van der Waals surface area contributed by atoms with Crippen LogP contribution in [0.4, 0.5) is 0 Å². The van der Waals surface area contributed by atoms with E-state index in [0.29, 0.717) is 5.92 Å². The summed E-state index contributed by atoms with van der Waals surface area (Å²) in [7, 11) is 1.81. The second kappa shape index (κ2) is 8.53. The molecule has 20 heavy (non-hydrogen) atoms. The molecule has 0 saturated carbocycles. The van der Waals surface area contributed by atoms with Crippen LogP contribution in [0.3, 0.4) is 0 Å². The van der Waals surface area contributed by atoms with Gasteiger partial charge in [-0.1, -0.05) is 34.6 Å². The average Bonchev–Trinajstić information content (AvgIpc) is 2.27. The van der Waals surface area contributed by atoms with E-state index in [2.05, 4.69) is 24.5 Å². The Bertz CT molecular complexity index is 319. The van der Waals surface area contributed by atoms with Gasteiger partial charge in [-0.3, -0.25) is 9.59 Å². The van der Waals surface area contributed by atoms with Crippen molar-refractivity contribution in [2.75, 3.05) is 13.6 Å². The SMILES string of the molecule is CN[C@@H](CCC(C)C)C(=O)CN[C@H](C(C)=O)C(C)(C)C. The van der Waals surface area contributed by atoms with Gasteiger partial charge in [0.1, 0.15) is 5.78 Å². The summed E-state index contributed by atoms with van der Waals surface area (Å²) in [5, 5.41) is 6.20. The number of ketones is 2. The van der Waals surface area contributed by atoms with Gasteiger partial charge in [0.25, 0.3) is 0 Å². The van der Waals surface area contributed by atoms with Gasteiger partial charge in [-0.15, -0.1) is 0 Å². The van der Waals surface area contributed by atoms with Crippen molar-refractivity contribution < 1.29 is 9.59 Å². The average molecular weight is 284 g/mol. The smallest absolute Gasteiger partial charge is 0.163 e. The Morgan fingerprint density at radius 3 is 2.00 bits per heavy atom. The van der Waals surface area contributed by atoms with Crippen LogP contribution in [0.5, 0.6) is 0 Å². The van der Waals surface area contributed by atoms with Gasteiger partial charge in [0, 0.05) is 0 Å². The van der Waals surface area contributed by atoms with Crippen molar-refractivity contribution in [3.63, 3.8) is 0 Å². The van der Waals surface area contributed by atoms with Gasteiger partial charge in [-0.25, -0.2) is 0 Å². The molecule has 0 saturated heterocycles. The van der Waals surface area contributed by atoms with Crippen molar-refractivity contribution in [2.45, 2.75) is 66.5 Å². The summed E-state index contributed by atoms with van der Waals surface area (Å²) in [5.74, 6) is 0.795. The number of carbonyl (C=O) groups is 2. The predicted octanol–water partition coefficient (Wildman–Crippen LogP) is 2.17. The number of hydrogen-bond acceptors (Lipinski definition) is 4. The van der Waals surface area contributed by atoms with Crippen LogP contribution in [-0.2, 0) is 9.59 Å². The monoisotopic (exact) mass is 284 g/mol. The van der Waals surface area contributed by atoms with Crippen LogP contribution in [0.1, 0.15) is 54.4 Å². The first-order valence-corrected chi connectivity index (χ1v) is 7.53. The molecular formula is C16H32N2O2. The van der Waals surface area contributed by atoms with Crippen molar-refractivity contribution in [2.24, 2.45) is 11.3 Å². The number of nitrogens with one attached hydrogen (secondary N) is 2. The largest absolute Gasteiger partial charge is 0.311 e. The molecule has 0 aromatic rings. The van der Waals surface area contributed by atoms with Gasteiger partial charge in [-0.2, -0.15) is 0 Å². The third kappa shape index (κ3) is 7.15. The van der Waals surface area contributed by atoms with Crippen LogP contribution in [-0.4, -0.2) is 37.2 Å². The molecule has 0 spiro atoms. The molecule has 0 rings (SSSR count). The molecule has 0 amide bonds. The first-order chi connectivity index (χ1) is 9.09. The minimum Gasteiger partial charge on any atom is -0.311 e. The highest BCUT2D eigenvalue weighted by Gasteiger charge is 2.29. The van der Waals surface area contributed by atoms with E-state index in [9.17, 15) is 9.59 Å². The van der Waals surface area contributed by atoms with E-state index in [1.165, 1.54) is 0 Å². The Morgan fingerprint density at radius 2 is 1.65 bits per heavy atom. The summed E-state index contributed by atoms with van der Waals surface area (Å²) in [5.41, 5.74) is -0.181. The van der Waals surface area contributed by atoms with E-state index in [4.69, 9.17) is 0 Å². The van der Waals surface area contributed by atoms with Crippen LogP contribution in [0, 0.1) is 11.3 Å². The lowest BCUT2D eigenvalue weighted by Gasteiger charge is -2.29. The first kappa shape index (κ1) is 19.3. The number of Topliss-reactive ketones (excluding diaryl/α,β-unsaturated/α-hetero) is 2. The lowest BCUT2D eigenvalue weighted by atomic mass is 9.84. The van der Waals surface area contributed by atoms with Gasteiger partial charge in [0.05, 0.1) is 18.6 Å². The van der Waals surface area contributed by atoms with E-state index in [0.717, 1.165) is 12.8 Å². The summed E-state index contributed by atoms with van der Waals surface area (Å²) in [6.07, 6.45) is 1.86. The molecule has 4 heteroatoms. The maximum absolute atomic E-state index is 12.2. The molecule has 118 valence electrons. The highest BCUT2D eigenvalue weighted by molar-refractivity contribution is 5.87. The molecule has 0 unspecified atom stereocenters. The van der Waals surface area contributed by atoms with E-state index in [1.54, 1.807) is 6.92 Å². The minimum absolute atomic E-state index is 0.0773. The van der Waals surface area contributed by atoms with Crippen LogP contribution in [0.25, 0.3) is 0 Å². The standard InChI is InChI=1S/C16H32N2O2/c1-11(2)8-9-13(17-7)14(20)10-18-15(12(3)19)16(4,5)6/h11,13,15,17-18H,8-10H2,1-7H3/t13-,15+/m0/s1. The van der Waals surface area contributed by atoms with Crippen molar-refractivity contribution in [1.29, 1.82) is 0 Å². The minimum atomic E-state index is -0.283. The Kier molecular flexibility index (Phi) is 8.21. The molecule has 2 atom stereocenters. The lowest BCUT2D eigenvalue weighted by Crippen LogP contribution is -2.50. The molecule has 0 fully saturated rings. The molecule has 0 aromatic carbocycles. The first-order valence-electron chi connectivity index (χ1n) is 7.53. The molecule has 0 radical (unpaired) electrons. The molecule has 0 aliphatic heterocycles. The summed E-state index contributed by atoms with van der Waals surface area (Å²) < 4.78 is 0. The second-order valence-corrected chi connectivity index (χ2v) is 7.07. The van der Waals surface area contributed by atoms with Crippen LogP contribution < -0.4 is 10.6 Å². The van der Waals surface area contributed by atoms with E-state index < -0.39 is 0 Å². The van der Waals surface area contributed by atoms with Crippen molar-refractivity contribution in [1.82, 2.24) is 10.6 Å². The third-order valence-electron chi connectivity index (χ3n) is 3.52. The topological polar surface area (TPSA) is 58.2 Å². The zero-order chi connectivity index (χ0) is 15.9. The fourth-order valence-corrected chi connectivity index (χ4v) is 2.35. The normalized spacial score (nSPS) is 15.2. The van der Waals surface area contributed by atoms with E-state index in [-0.39, 0.29) is 35.6 Å². The highest BCUT2D eigenvalue weighted by atomic mass is 16.1. The highest BCUT2D eigenvalue weighted by Crippen LogP contribution is 2.19. The fourth-order valence-electron chi connectivity index (χ4n) is 2.35. The Morgan fingerprint density at radius 1 is 1.10 bits per heavy atom. The fraction of sp³-hybridized carbons (Fsp3) is 0.875. The van der Waals surface area contributed by atoms with E-state index in [1.807, 2.05) is 27.8 Å². The zero-order valence-corrected chi connectivity index (χ0v) is 14.2. The van der Waals surface area contributed by atoms with Crippen molar-refractivity contribution in [3.05, 3.63) is 0 Å². The quantitative estimate of drug-likeness (QED) is 0.681. The molecule has 0 aliphatic rings. The summed E-state index contributed by atoms with van der Waals surface area (Å²) >= 11 is 0. The molecule has 0 heterocycles. The Hall–Kier alpha value is -0.740. The van der Waals surface area contributed by atoms with Gasteiger partial charge in [0.15, 0.2) is 5.78 Å². The summed E-state index contributed by atoms with van der Waals surface area (Å²) in [4.78, 5) is 23.9. The molecule has 0 bridgehead atoms. The van der Waals surface area contributed by atoms with Crippen LogP contribution in [0.2, 0.25) is 0 Å². The molecule has 2 N–H and O–H groups in total. The Balaban J connectivity index is 4.46. The molecule has 4 nitrogen and oxygen atoms in total. The number of likely N-dealkylation sites (N-methyl/N-ethyl adjacent to an activating group) is 1. The molecule has 0 aliphatic carbocycles. The van der Waals surface area contributed by atoms with Gasteiger partial charge < -0.3 is 10.6 Å². The number of carbonyl (C=O) groups excluding carboxylic acids is 2. The number of rotatable bonds is 9. The molecule has 0 aromatic heterocycles. The van der Waals surface area contributed by atoms with Crippen LogP contribution in [0.15, 0.2) is 0 Å².